The van der Waals surface area contributed by atoms with Gasteiger partial charge >= 0.3 is 0 Å². The predicted molar refractivity (Wildman–Crippen MR) is 78.6 cm³/mol. The van der Waals surface area contributed by atoms with Crippen LogP contribution >= 0.6 is 12.4 Å². The Hall–Kier alpha value is -1.26. The molecule has 3 N–H and O–H groups in total. The van der Waals surface area contributed by atoms with E-state index in [1.165, 1.54) is 0 Å². The Balaban J connectivity index is 0.00000180. The van der Waals surface area contributed by atoms with Gasteiger partial charge in [0.1, 0.15) is 0 Å². The summed E-state index contributed by atoms with van der Waals surface area (Å²) < 4.78 is 0. The first kappa shape index (κ1) is 15.8. The fourth-order valence-electron chi connectivity index (χ4n) is 2.28. The SMILES string of the molecule is Cl.O=C(CNc1ccccc1)N[C@H]1CCCC[C@@H]1O. The molecule has 0 aliphatic heterocycles. The first-order valence-corrected chi connectivity index (χ1v) is 6.52. The second-order valence-corrected chi connectivity index (χ2v) is 4.75. The van der Waals surface area contributed by atoms with Crippen molar-refractivity contribution in [3.63, 3.8) is 0 Å². The average molecular weight is 285 g/mol. The Labute approximate surface area is 120 Å². The van der Waals surface area contributed by atoms with E-state index in [0.29, 0.717) is 0 Å². The molecule has 0 aromatic heterocycles. The van der Waals surface area contributed by atoms with E-state index in [4.69, 9.17) is 0 Å². The maximum Gasteiger partial charge on any atom is 0.239 e. The van der Waals surface area contributed by atoms with Crippen molar-refractivity contribution in [3.8, 4) is 0 Å². The standard InChI is InChI=1S/C14H20N2O2.ClH/c17-13-9-5-4-8-12(13)16-14(18)10-15-11-6-2-1-3-7-11;/h1-3,6-7,12-13,15,17H,4-5,8-10H2,(H,16,18);1H/t12-,13-;/m0./s1. The number of aliphatic hydroxyl groups is 1. The van der Waals surface area contributed by atoms with Crippen molar-refractivity contribution in [2.75, 3.05) is 11.9 Å². The third kappa shape index (κ3) is 5.09. The lowest BCUT2D eigenvalue weighted by atomic mass is 9.92. The Morgan fingerprint density at radius 1 is 1.21 bits per heavy atom. The van der Waals surface area contributed by atoms with Crippen LogP contribution in [-0.2, 0) is 4.79 Å². The lowest BCUT2D eigenvalue weighted by Gasteiger charge is -2.28. The molecule has 2 rings (SSSR count). The van der Waals surface area contributed by atoms with Crippen molar-refractivity contribution in [1.82, 2.24) is 5.32 Å². The fourth-order valence-corrected chi connectivity index (χ4v) is 2.28. The van der Waals surface area contributed by atoms with Gasteiger partial charge in [-0.15, -0.1) is 12.4 Å². The van der Waals surface area contributed by atoms with Crippen molar-refractivity contribution in [2.45, 2.75) is 37.8 Å². The van der Waals surface area contributed by atoms with Crippen LogP contribution in [0.25, 0.3) is 0 Å². The van der Waals surface area contributed by atoms with Crippen molar-refractivity contribution >= 4 is 24.0 Å². The molecule has 19 heavy (non-hydrogen) atoms. The molecule has 0 radical (unpaired) electrons. The maximum atomic E-state index is 11.7. The Bertz CT molecular complexity index is 386. The first-order chi connectivity index (χ1) is 8.75. The van der Waals surface area contributed by atoms with Gasteiger partial charge in [-0.25, -0.2) is 0 Å². The largest absolute Gasteiger partial charge is 0.391 e. The van der Waals surface area contributed by atoms with Gasteiger partial charge < -0.3 is 15.7 Å². The van der Waals surface area contributed by atoms with E-state index >= 15 is 0 Å². The lowest BCUT2D eigenvalue weighted by molar-refractivity contribution is -0.121. The second kappa shape index (κ2) is 8.02. The molecule has 1 aromatic rings. The third-order valence-corrected chi connectivity index (χ3v) is 3.30. The van der Waals surface area contributed by atoms with Gasteiger partial charge in [0.25, 0.3) is 0 Å². The number of hydrogen-bond acceptors (Lipinski definition) is 3. The number of anilines is 1. The summed E-state index contributed by atoms with van der Waals surface area (Å²) in [5.74, 6) is -0.0650. The summed E-state index contributed by atoms with van der Waals surface area (Å²) in [6.07, 6.45) is 3.40. The van der Waals surface area contributed by atoms with Gasteiger partial charge in [0.2, 0.25) is 5.91 Å². The predicted octanol–water partition coefficient (Wildman–Crippen LogP) is 1.94. The smallest absolute Gasteiger partial charge is 0.239 e. The number of amides is 1. The van der Waals surface area contributed by atoms with E-state index in [1.54, 1.807) is 0 Å². The van der Waals surface area contributed by atoms with Gasteiger partial charge in [-0.05, 0) is 25.0 Å². The molecule has 0 unspecified atom stereocenters. The molecule has 1 aliphatic carbocycles. The summed E-state index contributed by atoms with van der Waals surface area (Å²) in [7, 11) is 0. The number of aliphatic hydroxyl groups excluding tert-OH is 1. The van der Waals surface area contributed by atoms with Gasteiger partial charge in [0.15, 0.2) is 0 Å². The Morgan fingerprint density at radius 2 is 1.89 bits per heavy atom. The molecule has 1 amide bonds. The summed E-state index contributed by atoms with van der Waals surface area (Å²) in [5.41, 5.74) is 0.928. The molecule has 4 nitrogen and oxygen atoms in total. The van der Waals surface area contributed by atoms with E-state index in [-0.39, 0.29) is 37.0 Å². The molecular formula is C14H21ClN2O2. The number of para-hydroxylation sites is 1. The number of carbonyl (C=O) groups excluding carboxylic acids is 1. The van der Waals surface area contributed by atoms with E-state index in [2.05, 4.69) is 10.6 Å². The highest BCUT2D eigenvalue weighted by Crippen LogP contribution is 2.18. The molecule has 0 spiro atoms. The lowest BCUT2D eigenvalue weighted by Crippen LogP contribution is -2.46. The van der Waals surface area contributed by atoms with Gasteiger partial charge in [-0.1, -0.05) is 31.0 Å². The molecule has 0 bridgehead atoms. The van der Waals surface area contributed by atoms with Crippen LogP contribution < -0.4 is 10.6 Å². The normalized spacial score (nSPS) is 22.2. The summed E-state index contributed by atoms with van der Waals surface area (Å²) >= 11 is 0. The van der Waals surface area contributed by atoms with Gasteiger partial charge in [0.05, 0.1) is 18.7 Å². The molecule has 1 saturated carbocycles. The topological polar surface area (TPSA) is 61.4 Å². The molecule has 106 valence electrons. The number of benzene rings is 1. The molecule has 0 heterocycles. The number of hydrogen-bond donors (Lipinski definition) is 3. The first-order valence-electron chi connectivity index (χ1n) is 6.52. The summed E-state index contributed by atoms with van der Waals surface area (Å²) in [6, 6.07) is 9.54. The molecule has 1 aliphatic rings. The zero-order valence-electron chi connectivity index (χ0n) is 10.8. The molecule has 2 atom stereocenters. The summed E-state index contributed by atoms with van der Waals surface area (Å²) in [4.78, 5) is 11.7. The van der Waals surface area contributed by atoms with Gasteiger partial charge in [-0.2, -0.15) is 0 Å². The fraction of sp³-hybridized carbons (Fsp3) is 0.500. The van der Waals surface area contributed by atoms with E-state index in [9.17, 15) is 9.90 Å². The van der Waals surface area contributed by atoms with Crippen molar-refractivity contribution in [1.29, 1.82) is 0 Å². The molecular weight excluding hydrogens is 264 g/mol. The van der Waals surface area contributed by atoms with Crippen LogP contribution in [0, 0.1) is 0 Å². The summed E-state index contributed by atoms with van der Waals surface area (Å²) in [6.45, 7) is 0.243. The van der Waals surface area contributed by atoms with Crippen molar-refractivity contribution < 1.29 is 9.90 Å². The number of halogens is 1. The van der Waals surface area contributed by atoms with Gasteiger partial charge in [0, 0.05) is 5.69 Å². The van der Waals surface area contributed by atoms with E-state index in [1.807, 2.05) is 30.3 Å². The molecule has 5 heteroatoms. The quantitative estimate of drug-likeness (QED) is 0.792. The highest BCUT2D eigenvalue weighted by Gasteiger charge is 2.24. The number of nitrogens with one attached hydrogen (secondary N) is 2. The highest BCUT2D eigenvalue weighted by atomic mass is 35.5. The highest BCUT2D eigenvalue weighted by molar-refractivity contribution is 5.85. The van der Waals surface area contributed by atoms with Crippen LogP contribution in [-0.4, -0.2) is 29.7 Å². The van der Waals surface area contributed by atoms with Crippen LogP contribution in [0.2, 0.25) is 0 Å². The monoisotopic (exact) mass is 284 g/mol. The van der Waals surface area contributed by atoms with Crippen molar-refractivity contribution in [2.24, 2.45) is 0 Å². The molecule has 1 aromatic carbocycles. The zero-order chi connectivity index (χ0) is 12.8. The average Bonchev–Trinajstić information content (AvgIpc) is 2.40. The molecule has 1 fully saturated rings. The number of rotatable bonds is 4. The number of carbonyl (C=O) groups is 1. The maximum absolute atomic E-state index is 11.7. The molecule has 0 saturated heterocycles. The van der Waals surface area contributed by atoms with Crippen LogP contribution in [0.15, 0.2) is 30.3 Å². The van der Waals surface area contributed by atoms with Crippen molar-refractivity contribution in [3.05, 3.63) is 30.3 Å². The van der Waals surface area contributed by atoms with E-state index in [0.717, 1.165) is 31.4 Å². The minimum atomic E-state index is -0.389. The van der Waals surface area contributed by atoms with Crippen LogP contribution in [0.1, 0.15) is 25.7 Å². The Morgan fingerprint density at radius 3 is 2.58 bits per heavy atom. The van der Waals surface area contributed by atoms with E-state index < -0.39 is 0 Å². The van der Waals surface area contributed by atoms with Gasteiger partial charge in [-0.3, -0.25) is 4.79 Å². The minimum absolute atomic E-state index is 0. The third-order valence-electron chi connectivity index (χ3n) is 3.30. The van der Waals surface area contributed by atoms with Crippen LogP contribution in [0.4, 0.5) is 5.69 Å². The summed E-state index contributed by atoms with van der Waals surface area (Å²) in [5, 5.41) is 15.7. The minimum Gasteiger partial charge on any atom is -0.391 e. The van der Waals surface area contributed by atoms with Crippen LogP contribution in [0.5, 0.6) is 0 Å². The second-order valence-electron chi connectivity index (χ2n) is 4.75. The van der Waals surface area contributed by atoms with Crippen LogP contribution in [0.3, 0.4) is 0 Å². The zero-order valence-corrected chi connectivity index (χ0v) is 11.7. The Kier molecular flexibility index (Phi) is 6.67.